The zero-order valence-corrected chi connectivity index (χ0v) is 14.0. The van der Waals surface area contributed by atoms with E-state index in [1.54, 1.807) is 0 Å². The molecule has 2 fully saturated rings. The molecule has 2 aliphatic rings. The fourth-order valence-corrected chi connectivity index (χ4v) is 4.71. The number of rotatable bonds is 2. The number of aromatic amines is 1. The molecule has 1 aromatic carbocycles. The maximum atomic E-state index is 12.9. The van der Waals surface area contributed by atoms with Crippen LogP contribution >= 0.6 is 0 Å². The molecule has 0 amide bonds. The molecule has 0 bridgehead atoms. The molecule has 0 aliphatic carbocycles. The van der Waals surface area contributed by atoms with Crippen molar-refractivity contribution < 1.29 is 22.3 Å². The molecular formula is C15H16N2O7S. The smallest absolute Gasteiger partial charge is 0.372 e. The van der Waals surface area contributed by atoms with Gasteiger partial charge in [0.05, 0.1) is 29.0 Å². The average Bonchev–Trinajstić information content (AvgIpc) is 3.03. The van der Waals surface area contributed by atoms with Crippen LogP contribution in [-0.2, 0) is 19.5 Å². The predicted octanol–water partition coefficient (Wildman–Crippen LogP) is 0.00890. The van der Waals surface area contributed by atoms with E-state index in [4.69, 9.17) is 9.47 Å². The molecule has 0 radical (unpaired) electrons. The number of nitrogens with one attached hydrogen (secondary N) is 1. The van der Waals surface area contributed by atoms with Gasteiger partial charge in [-0.2, -0.15) is 4.31 Å². The highest BCUT2D eigenvalue weighted by Gasteiger charge is 2.42. The summed E-state index contributed by atoms with van der Waals surface area (Å²) in [6.45, 7) is 1.57. The molecular weight excluding hydrogens is 352 g/mol. The van der Waals surface area contributed by atoms with Crippen molar-refractivity contribution in [1.29, 1.82) is 0 Å². The second kappa shape index (κ2) is 5.77. The molecule has 0 saturated carbocycles. The highest BCUT2D eigenvalue weighted by molar-refractivity contribution is 7.89. The quantitative estimate of drug-likeness (QED) is 0.793. The Morgan fingerprint density at radius 2 is 1.76 bits per heavy atom. The SMILES string of the molecule is O=c1[nH]c2ccc(S(=O)(=O)N3CCC4(CC3)OCCO4)cc2c(=O)o1. The van der Waals surface area contributed by atoms with E-state index in [1.807, 2.05) is 0 Å². The summed E-state index contributed by atoms with van der Waals surface area (Å²) < 4.78 is 42.7. The van der Waals surface area contributed by atoms with Crippen LogP contribution in [0.2, 0.25) is 0 Å². The van der Waals surface area contributed by atoms with E-state index < -0.39 is 27.2 Å². The minimum atomic E-state index is -3.78. The maximum Gasteiger partial charge on any atom is 0.419 e. The number of hydrogen-bond donors (Lipinski definition) is 1. The van der Waals surface area contributed by atoms with Gasteiger partial charge >= 0.3 is 11.4 Å². The van der Waals surface area contributed by atoms with Crippen LogP contribution in [0.15, 0.2) is 37.1 Å². The Bertz CT molecular complexity index is 1020. The molecule has 10 heteroatoms. The van der Waals surface area contributed by atoms with Crippen molar-refractivity contribution in [2.24, 2.45) is 0 Å². The summed E-state index contributed by atoms with van der Waals surface area (Å²) in [5.74, 6) is -1.55. The fourth-order valence-electron chi connectivity index (χ4n) is 3.24. The normalized spacial score (nSPS) is 21.1. The third kappa shape index (κ3) is 2.80. The number of sulfonamides is 1. The molecule has 0 atom stereocenters. The van der Waals surface area contributed by atoms with Gasteiger partial charge in [0.15, 0.2) is 5.79 Å². The summed E-state index contributed by atoms with van der Waals surface area (Å²) in [7, 11) is -3.78. The first-order valence-corrected chi connectivity index (χ1v) is 9.29. The molecule has 1 aromatic heterocycles. The second-order valence-corrected chi connectivity index (χ2v) is 7.96. The van der Waals surface area contributed by atoms with Crippen LogP contribution in [0, 0.1) is 0 Å². The largest absolute Gasteiger partial charge is 0.419 e. The van der Waals surface area contributed by atoms with Crippen LogP contribution in [0.25, 0.3) is 10.9 Å². The summed E-state index contributed by atoms with van der Waals surface area (Å²) in [6, 6.07) is 3.97. The van der Waals surface area contributed by atoms with Gasteiger partial charge < -0.3 is 13.9 Å². The first-order chi connectivity index (χ1) is 11.9. The van der Waals surface area contributed by atoms with Gasteiger partial charge in [0.25, 0.3) is 0 Å². The van der Waals surface area contributed by atoms with Crippen molar-refractivity contribution in [1.82, 2.24) is 9.29 Å². The lowest BCUT2D eigenvalue weighted by Gasteiger charge is -2.36. The first-order valence-electron chi connectivity index (χ1n) is 7.85. The average molecular weight is 368 g/mol. The lowest BCUT2D eigenvalue weighted by atomic mass is 10.1. The summed E-state index contributed by atoms with van der Waals surface area (Å²) in [6.07, 6.45) is 0.907. The van der Waals surface area contributed by atoms with Gasteiger partial charge in [-0.15, -0.1) is 0 Å². The van der Waals surface area contributed by atoms with Crippen LogP contribution in [0.4, 0.5) is 0 Å². The van der Waals surface area contributed by atoms with Gasteiger partial charge in [-0.05, 0) is 18.2 Å². The fraction of sp³-hybridized carbons (Fsp3) is 0.467. The van der Waals surface area contributed by atoms with Gasteiger partial charge in [-0.1, -0.05) is 0 Å². The Labute approximate surface area is 142 Å². The highest BCUT2D eigenvalue weighted by atomic mass is 32.2. The van der Waals surface area contributed by atoms with E-state index in [0.717, 1.165) is 0 Å². The number of aromatic nitrogens is 1. The number of nitrogens with zero attached hydrogens (tertiary/aromatic N) is 1. The van der Waals surface area contributed by atoms with Crippen LogP contribution in [0.3, 0.4) is 0 Å². The molecule has 2 aliphatic heterocycles. The summed E-state index contributed by atoms with van der Waals surface area (Å²) in [5, 5.41) is 0.0108. The summed E-state index contributed by atoms with van der Waals surface area (Å²) >= 11 is 0. The number of benzene rings is 1. The van der Waals surface area contributed by atoms with Crippen molar-refractivity contribution in [2.45, 2.75) is 23.5 Å². The highest BCUT2D eigenvalue weighted by Crippen LogP contribution is 2.33. The minimum Gasteiger partial charge on any atom is -0.372 e. The van der Waals surface area contributed by atoms with Crippen molar-refractivity contribution in [3.05, 3.63) is 39.2 Å². The Morgan fingerprint density at radius 3 is 2.44 bits per heavy atom. The van der Waals surface area contributed by atoms with Crippen molar-refractivity contribution in [2.75, 3.05) is 26.3 Å². The Kier molecular flexibility index (Phi) is 3.80. The van der Waals surface area contributed by atoms with Crippen LogP contribution < -0.4 is 11.4 Å². The van der Waals surface area contributed by atoms with Crippen LogP contribution in [0.1, 0.15) is 12.8 Å². The van der Waals surface area contributed by atoms with E-state index >= 15 is 0 Å². The lowest BCUT2D eigenvalue weighted by molar-refractivity contribution is -0.179. The zero-order chi connectivity index (χ0) is 17.7. The number of ether oxygens (including phenoxy) is 2. The third-order valence-electron chi connectivity index (χ3n) is 4.57. The number of hydrogen-bond acceptors (Lipinski definition) is 7. The molecule has 134 valence electrons. The van der Waals surface area contributed by atoms with Crippen LogP contribution in [-0.4, -0.2) is 49.8 Å². The maximum absolute atomic E-state index is 12.9. The van der Waals surface area contributed by atoms with Gasteiger partial charge in [0, 0.05) is 25.9 Å². The Balaban J connectivity index is 1.65. The van der Waals surface area contributed by atoms with Gasteiger partial charge in [-0.3, -0.25) is 4.98 Å². The predicted molar refractivity (Wildman–Crippen MR) is 85.7 cm³/mol. The van der Waals surface area contributed by atoms with E-state index in [-0.39, 0.29) is 28.9 Å². The number of piperidine rings is 1. The number of fused-ring (bicyclic) bond motifs is 1. The molecule has 2 aromatic rings. The molecule has 1 spiro atoms. The van der Waals surface area contributed by atoms with E-state index in [2.05, 4.69) is 9.40 Å². The van der Waals surface area contributed by atoms with Gasteiger partial charge in [0.1, 0.15) is 0 Å². The van der Waals surface area contributed by atoms with E-state index in [0.29, 0.717) is 26.1 Å². The molecule has 2 saturated heterocycles. The first kappa shape index (κ1) is 16.5. The van der Waals surface area contributed by atoms with Crippen molar-refractivity contribution >= 4 is 20.9 Å². The Morgan fingerprint density at radius 1 is 1.08 bits per heavy atom. The zero-order valence-electron chi connectivity index (χ0n) is 13.2. The monoisotopic (exact) mass is 368 g/mol. The molecule has 25 heavy (non-hydrogen) atoms. The summed E-state index contributed by atoms with van der Waals surface area (Å²) in [5.41, 5.74) is -0.647. The summed E-state index contributed by atoms with van der Waals surface area (Å²) in [4.78, 5) is 25.3. The number of H-pyrrole nitrogens is 1. The molecule has 1 N–H and O–H groups in total. The van der Waals surface area contributed by atoms with Crippen LogP contribution in [0.5, 0.6) is 0 Å². The van der Waals surface area contributed by atoms with Gasteiger partial charge in [0.2, 0.25) is 10.0 Å². The van der Waals surface area contributed by atoms with Crippen molar-refractivity contribution in [3.8, 4) is 0 Å². The third-order valence-corrected chi connectivity index (χ3v) is 6.46. The van der Waals surface area contributed by atoms with Gasteiger partial charge in [-0.25, -0.2) is 18.0 Å². The minimum absolute atomic E-state index is 0.0108. The molecule has 3 heterocycles. The topological polar surface area (TPSA) is 119 Å². The molecule has 4 rings (SSSR count). The Hall–Kier alpha value is -2.01. The second-order valence-electron chi connectivity index (χ2n) is 6.02. The van der Waals surface area contributed by atoms with E-state index in [1.165, 1.54) is 22.5 Å². The van der Waals surface area contributed by atoms with Crippen molar-refractivity contribution in [3.63, 3.8) is 0 Å². The lowest BCUT2D eigenvalue weighted by Crippen LogP contribution is -2.47. The van der Waals surface area contributed by atoms with E-state index in [9.17, 15) is 18.0 Å². The molecule has 9 nitrogen and oxygen atoms in total. The molecule has 0 unspecified atom stereocenters. The standard InChI is InChI=1S/C15H16N2O7S/c18-13-11-9-10(1-2-12(11)16-14(19)24-13)25(20,21)17-5-3-15(4-6-17)22-7-8-23-15/h1-2,9H,3-8H2,(H,16,19).